The second-order valence-corrected chi connectivity index (χ2v) is 3.33. The van der Waals surface area contributed by atoms with Crippen LogP contribution in [0.3, 0.4) is 0 Å². The Bertz CT molecular complexity index is 101. The molecule has 2 rings (SSSR count). The molecular weight excluding hydrogens is 98.1 g/mol. The minimum absolute atomic E-state index is 0.554. The first-order valence-electron chi connectivity index (χ1n) is 3.62. The number of rotatable bonds is 0. The minimum atomic E-state index is 0.554. The Morgan fingerprint density at radius 1 is 1.00 bits per heavy atom. The zero-order valence-corrected chi connectivity index (χ0v) is 5.14. The molecule has 1 nitrogen and oxygen atoms in total. The van der Waals surface area contributed by atoms with Gasteiger partial charge in [-0.3, -0.25) is 0 Å². The number of hydrogen-bond acceptors (Lipinski definition) is 1. The summed E-state index contributed by atoms with van der Waals surface area (Å²) in [6.07, 6.45) is 5.53. The fourth-order valence-electron chi connectivity index (χ4n) is 1.89. The summed E-state index contributed by atoms with van der Waals surface area (Å²) in [6.45, 7) is 0. The van der Waals surface area contributed by atoms with E-state index in [4.69, 9.17) is 5.73 Å². The Morgan fingerprint density at radius 3 is 2.50 bits per heavy atom. The van der Waals surface area contributed by atoms with Gasteiger partial charge in [-0.2, -0.15) is 0 Å². The normalized spacial score (nSPS) is 52.9. The van der Waals surface area contributed by atoms with Gasteiger partial charge >= 0.3 is 0 Å². The zero-order chi connectivity index (χ0) is 5.56. The van der Waals surface area contributed by atoms with Crippen molar-refractivity contribution in [2.75, 3.05) is 0 Å². The van der Waals surface area contributed by atoms with Crippen LogP contribution in [0.25, 0.3) is 0 Å². The molecule has 0 aromatic carbocycles. The van der Waals surface area contributed by atoms with Gasteiger partial charge in [-0.05, 0) is 37.5 Å². The third-order valence-corrected chi connectivity index (χ3v) is 2.58. The summed E-state index contributed by atoms with van der Waals surface area (Å²) >= 11 is 0. The molecule has 46 valence electrons. The van der Waals surface area contributed by atoms with Gasteiger partial charge in [0.1, 0.15) is 0 Å². The standard InChI is InChI=1S/C7H13N/c8-7-2-1-5-3-6(5)4-7/h5-7H,1-4,8H2/t5?,6?,7-/m1/s1. The van der Waals surface area contributed by atoms with E-state index in [0.29, 0.717) is 6.04 Å². The first-order valence-corrected chi connectivity index (χ1v) is 3.62. The molecule has 8 heavy (non-hydrogen) atoms. The first-order chi connectivity index (χ1) is 3.86. The predicted octanol–water partition coefficient (Wildman–Crippen LogP) is 1.13. The lowest BCUT2D eigenvalue weighted by Gasteiger charge is -2.15. The van der Waals surface area contributed by atoms with Crippen LogP contribution in [-0.2, 0) is 0 Å². The third-order valence-electron chi connectivity index (χ3n) is 2.58. The molecule has 0 aliphatic heterocycles. The third kappa shape index (κ3) is 0.655. The van der Waals surface area contributed by atoms with Crippen molar-refractivity contribution in [2.24, 2.45) is 17.6 Å². The van der Waals surface area contributed by atoms with E-state index in [0.717, 1.165) is 11.8 Å². The van der Waals surface area contributed by atoms with Crippen LogP contribution in [0, 0.1) is 11.8 Å². The zero-order valence-electron chi connectivity index (χ0n) is 5.14. The summed E-state index contributed by atoms with van der Waals surface area (Å²) < 4.78 is 0. The fraction of sp³-hybridized carbons (Fsp3) is 1.00. The second-order valence-electron chi connectivity index (χ2n) is 3.33. The smallest absolute Gasteiger partial charge is 0.00416 e. The van der Waals surface area contributed by atoms with Crippen molar-refractivity contribution in [1.82, 2.24) is 0 Å². The van der Waals surface area contributed by atoms with E-state index in [1.807, 2.05) is 0 Å². The van der Waals surface area contributed by atoms with Gasteiger partial charge in [-0.1, -0.05) is 0 Å². The molecule has 2 saturated carbocycles. The Hall–Kier alpha value is -0.0400. The van der Waals surface area contributed by atoms with Crippen molar-refractivity contribution < 1.29 is 0 Å². The van der Waals surface area contributed by atoms with Crippen molar-refractivity contribution in [2.45, 2.75) is 31.7 Å². The molecule has 2 aliphatic carbocycles. The second kappa shape index (κ2) is 1.47. The van der Waals surface area contributed by atoms with E-state index >= 15 is 0 Å². The number of nitrogens with two attached hydrogens (primary N) is 1. The highest BCUT2D eigenvalue weighted by atomic mass is 14.7. The predicted molar refractivity (Wildman–Crippen MR) is 33.4 cm³/mol. The molecule has 0 spiro atoms. The summed E-state index contributed by atoms with van der Waals surface area (Å²) in [6, 6.07) is 0.554. The minimum Gasteiger partial charge on any atom is -0.328 e. The van der Waals surface area contributed by atoms with E-state index in [1.54, 1.807) is 0 Å². The maximum absolute atomic E-state index is 5.75. The summed E-state index contributed by atoms with van der Waals surface area (Å²) in [5, 5.41) is 0. The van der Waals surface area contributed by atoms with Crippen LogP contribution in [0.5, 0.6) is 0 Å². The molecule has 2 N–H and O–H groups in total. The molecule has 3 atom stereocenters. The van der Waals surface area contributed by atoms with Gasteiger partial charge < -0.3 is 5.73 Å². The van der Waals surface area contributed by atoms with Gasteiger partial charge in [0.05, 0.1) is 0 Å². The highest BCUT2D eigenvalue weighted by Gasteiger charge is 2.40. The lowest BCUT2D eigenvalue weighted by molar-refractivity contribution is 0.422. The van der Waals surface area contributed by atoms with Crippen molar-refractivity contribution in [3.63, 3.8) is 0 Å². The van der Waals surface area contributed by atoms with Crippen LogP contribution in [0.15, 0.2) is 0 Å². The van der Waals surface area contributed by atoms with Crippen molar-refractivity contribution in [3.8, 4) is 0 Å². The molecule has 2 fully saturated rings. The topological polar surface area (TPSA) is 26.0 Å². The highest BCUT2D eigenvalue weighted by molar-refractivity contribution is 4.93. The summed E-state index contributed by atoms with van der Waals surface area (Å²) in [5.41, 5.74) is 5.75. The molecule has 1 heteroatoms. The Kier molecular flexibility index (Phi) is 0.884. The van der Waals surface area contributed by atoms with Gasteiger partial charge in [0, 0.05) is 6.04 Å². The van der Waals surface area contributed by atoms with E-state index in [1.165, 1.54) is 25.7 Å². The number of fused-ring (bicyclic) bond motifs is 1. The molecule has 0 heterocycles. The van der Waals surface area contributed by atoms with E-state index in [9.17, 15) is 0 Å². The molecule has 0 amide bonds. The van der Waals surface area contributed by atoms with Crippen LogP contribution >= 0.6 is 0 Å². The van der Waals surface area contributed by atoms with Gasteiger partial charge in [-0.15, -0.1) is 0 Å². The van der Waals surface area contributed by atoms with Crippen LogP contribution in [0.2, 0.25) is 0 Å². The van der Waals surface area contributed by atoms with Gasteiger partial charge in [0.2, 0.25) is 0 Å². The number of hydrogen-bond donors (Lipinski definition) is 1. The van der Waals surface area contributed by atoms with Crippen LogP contribution in [0.4, 0.5) is 0 Å². The van der Waals surface area contributed by atoms with E-state index in [2.05, 4.69) is 0 Å². The Morgan fingerprint density at radius 2 is 1.88 bits per heavy atom. The maximum atomic E-state index is 5.75. The van der Waals surface area contributed by atoms with Crippen LogP contribution in [0.1, 0.15) is 25.7 Å². The molecule has 0 aromatic heterocycles. The largest absolute Gasteiger partial charge is 0.328 e. The lowest BCUT2D eigenvalue weighted by Crippen LogP contribution is -2.23. The van der Waals surface area contributed by atoms with Crippen molar-refractivity contribution in [1.29, 1.82) is 0 Å². The Balaban J connectivity index is 1.93. The molecule has 2 unspecified atom stereocenters. The summed E-state index contributed by atoms with van der Waals surface area (Å²) in [5.74, 6) is 2.16. The van der Waals surface area contributed by atoms with Gasteiger partial charge in [0.25, 0.3) is 0 Å². The molecule has 2 aliphatic rings. The molecule has 0 saturated heterocycles. The van der Waals surface area contributed by atoms with Crippen LogP contribution < -0.4 is 5.73 Å². The summed E-state index contributed by atoms with van der Waals surface area (Å²) in [7, 11) is 0. The fourth-order valence-corrected chi connectivity index (χ4v) is 1.89. The van der Waals surface area contributed by atoms with Crippen molar-refractivity contribution in [3.05, 3.63) is 0 Å². The molecule has 0 radical (unpaired) electrons. The quantitative estimate of drug-likeness (QED) is 0.498. The molecular formula is C7H13N. The molecule has 0 aromatic rings. The molecule has 0 bridgehead atoms. The first kappa shape index (κ1) is 4.80. The monoisotopic (exact) mass is 111 g/mol. The SMILES string of the molecule is N[C@@H]1CCC2CC2C1. The van der Waals surface area contributed by atoms with Crippen LogP contribution in [-0.4, -0.2) is 6.04 Å². The van der Waals surface area contributed by atoms with Gasteiger partial charge in [0.15, 0.2) is 0 Å². The average Bonchev–Trinajstić information content (AvgIpc) is 2.43. The van der Waals surface area contributed by atoms with E-state index < -0.39 is 0 Å². The summed E-state index contributed by atoms with van der Waals surface area (Å²) in [4.78, 5) is 0. The maximum Gasteiger partial charge on any atom is 0.00416 e. The van der Waals surface area contributed by atoms with Crippen molar-refractivity contribution >= 4 is 0 Å². The van der Waals surface area contributed by atoms with Gasteiger partial charge in [-0.25, -0.2) is 0 Å². The highest BCUT2D eigenvalue weighted by Crippen LogP contribution is 2.48. The lowest BCUT2D eigenvalue weighted by atomic mass is 9.97. The Labute approximate surface area is 50.3 Å². The average molecular weight is 111 g/mol. The van der Waals surface area contributed by atoms with E-state index in [-0.39, 0.29) is 0 Å².